The van der Waals surface area contributed by atoms with E-state index in [1.54, 1.807) is 0 Å². The first kappa shape index (κ1) is 19.7. The second kappa shape index (κ2) is 7.46. The summed E-state index contributed by atoms with van der Waals surface area (Å²) in [5.74, 6) is -2.15. The fourth-order valence-electron chi connectivity index (χ4n) is 1.87. The Morgan fingerprint density at radius 3 is 2.09 bits per heavy atom. The smallest absolute Gasteiger partial charge is 0.406 e. The molecular formula is C14H10BrClF5NO. The molecular weight excluding hydrogens is 409 g/mol. The maximum absolute atomic E-state index is 14.0. The number of benzene rings is 2. The molecule has 0 fully saturated rings. The lowest BCUT2D eigenvalue weighted by atomic mass is 9.98. The normalized spacial score (nSPS) is 12.5. The molecule has 2 aromatic carbocycles. The van der Waals surface area contributed by atoms with Gasteiger partial charge >= 0.3 is 6.36 Å². The Morgan fingerprint density at radius 2 is 1.57 bits per heavy atom. The van der Waals surface area contributed by atoms with E-state index in [9.17, 15) is 22.0 Å². The van der Waals surface area contributed by atoms with E-state index in [0.29, 0.717) is 0 Å². The molecule has 0 amide bonds. The first-order valence-electron chi connectivity index (χ1n) is 5.93. The minimum atomic E-state index is -4.81. The summed E-state index contributed by atoms with van der Waals surface area (Å²) in [7, 11) is 0. The van der Waals surface area contributed by atoms with Gasteiger partial charge in [0.05, 0.1) is 10.5 Å². The predicted molar refractivity (Wildman–Crippen MR) is 80.5 cm³/mol. The molecule has 2 rings (SSSR count). The molecule has 0 aliphatic rings. The fourth-order valence-corrected chi connectivity index (χ4v) is 2.22. The van der Waals surface area contributed by atoms with E-state index in [2.05, 4.69) is 20.7 Å². The standard InChI is InChI=1S/C14H9BrF5NO.ClH/c15-9-5-6-10(16)11(12(9)17)13(21)7-1-3-8(4-2-7)22-14(18,19)20;/h1-6,13H,21H2;1H/t13-;/m0./s1. The lowest BCUT2D eigenvalue weighted by molar-refractivity contribution is -0.274. The van der Waals surface area contributed by atoms with Crippen LogP contribution in [0.1, 0.15) is 17.2 Å². The zero-order chi connectivity index (χ0) is 16.5. The van der Waals surface area contributed by atoms with Gasteiger partial charge in [-0.1, -0.05) is 12.1 Å². The van der Waals surface area contributed by atoms with Gasteiger partial charge < -0.3 is 10.5 Å². The monoisotopic (exact) mass is 417 g/mol. The number of hydrogen-bond acceptors (Lipinski definition) is 2. The highest BCUT2D eigenvalue weighted by molar-refractivity contribution is 9.10. The maximum atomic E-state index is 14.0. The molecule has 0 saturated heterocycles. The summed E-state index contributed by atoms with van der Waals surface area (Å²) in [4.78, 5) is 0. The average molecular weight is 419 g/mol. The summed E-state index contributed by atoms with van der Waals surface area (Å²) in [6, 6.07) is 5.55. The molecule has 0 spiro atoms. The van der Waals surface area contributed by atoms with Crippen molar-refractivity contribution in [2.45, 2.75) is 12.4 Å². The van der Waals surface area contributed by atoms with Gasteiger partial charge in [-0.05, 0) is 45.8 Å². The summed E-state index contributed by atoms with van der Waals surface area (Å²) < 4.78 is 67.7. The lowest BCUT2D eigenvalue weighted by Gasteiger charge is -2.16. The topological polar surface area (TPSA) is 35.2 Å². The Morgan fingerprint density at radius 1 is 1.00 bits per heavy atom. The highest BCUT2D eigenvalue weighted by atomic mass is 79.9. The third kappa shape index (κ3) is 4.79. The molecule has 0 aliphatic heterocycles. The lowest BCUT2D eigenvalue weighted by Crippen LogP contribution is -2.18. The van der Waals surface area contributed by atoms with Crippen molar-refractivity contribution in [2.75, 3.05) is 0 Å². The van der Waals surface area contributed by atoms with Crippen LogP contribution in [0.5, 0.6) is 5.75 Å². The Hall–Kier alpha value is -1.38. The van der Waals surface area contributed by atoms with E-state index in [1.807, 2.05) is 0 Å². The molecule has 1 atom stereocenters. The number of ether oxygens (including phenoxy) is 1. The predicted octanol–water partition coefficient (Wildman–Crippen LogP) is 5.10. The fraction of sp³-hybridized carbons (Fsp3) is 0.143. The van der Waals surface area contributed by atoms with Crippen molar-refractivity contribution < 1.29 is 26.7 Å². The van der Waals surface area contributed by atoms with Crippen LogP contribution in [0.2, 0.25) is 0 Å². The molecule has 0 saturated carbocycles. The number of hydrogen-bond donors (Lipinski definition) is 1. The molecule has 2 nitrogen and oxygen atoms in total. The van der Waals surface area contributed by atoms with Crippen LogP contribution in [0, 0.1) is 11.6 Å². The van der Waals surface area contributed by atoms with Gasteiger partial charge in [0.2, 0.25) is 0 Å². The Labute approximate surface area is 143 Å². The molecule has 9 heteroatoms. The Kier molecular flexibility index (Phi) is 6.38. The molecule has 23 heavy (non-hydrogen) atoms. The van der Waals surface area contributed by atoms with Gasteiger partial charge in [-0.2, -0.15) is 0 Å². The molecule has 126 valence electrons. The van der Waals surface area contributed by atoms with E-state index in [0.717, 1.165) is 18.2 Å². The highest BCUT2D eigenvalue weighted by Gasteiger charge is 2.31. The highest BCUT2D eigenvalue weighted by Crippen LogP contribution is 2.30. The van der Waals surface area contributed by atoms with Gasteiger partial charge in [-0.15, -0.1) is 25.6 Å². The first-order chi connectivity index (χ1) is 10.2. The SMILES string of the molecule is Cl.N[C@@H](c1ccc(OC(F)(F)F)cc1)c1c(F)ccc(Br)c1F. The summed E-state index contributed by atoms with van der Waals surface area (Å²) in [6.45, 7) is 0. The minimum Gasteiger partial charge on any atom is -0.406 e. The van der Waals surface area contributed by atoms with Crippen LogP contribution in [-0.4, -0.2) is 6.36 Å². The Bertz CT molecular complexity index is 678. The summed E-state index contributed by atoms with van der Waals surface area (Å²) in [6.07, 6.45) is -4.81. The summed E-state index contributed by atoms with van der Waals surface area (Å²) >= 11 is 2.92. The first-order valence-corrected chi connectivity index (χ1v) is 6.73. The molecule has 2 N–H and O–H groups in total. The Balaban J connectivity index is 0.00000264. The summed E-state index contributed by atoms with van der Waals surface area (Å²) in [5, 5.41) is 0. The molecule has 2 aromatic rings. The van der Waals surface area contributed by atoms with Crippen LogP contribution in [0.15, 0.2) is 40.9 Å². The largest absolute Gasteiger partial charge is 0.573 e. The van der Waals surface area contributed by atoms with Crippen LogP contribution < -0.4 is 10.5 Å². The van der Waals surface area contributed by atoms with Crippen molar-refractivity contribution in [2.24, 2.45) is 5.73 Å². The van der Waals surface area contributed by atoms with Crippen molar-refractivity contribution in [3.63, 3.8) is 0 Å². The van der Waals surface area contributed by atoms with Crippen molar-refractivity contribution in [3.8, 4) is 5.75 Å². The third-order valence-electron chi connectivity index (χ3n) is 2.86. The van der Waals surface area contributed by atoms with Crippen LogP contribution in [-0.2, 0) is 0 Å². The second-order valence-electron chi connectivity index (χ2n) is 4.35. The van der Waals surface area contributed by atoms with E-state index >= 15 is 0 Å². The van der Waals surface area contributed by atoms with Crippen molar-refractivity contribution in [1.82, 2.24) is 0 Å². The van der Waals surface area contributed by atoms with Crippen LogP contribution in [0.25, 0.3) is 0 Å². The van der Waals surface area contributed by atoms with Crippen LogP contribution in [0.3, 0.4) is 0 Å². The molecule has 0 aromatic heterocycles. The molecule has 0 radical (unpaired) electrons. The van der Waals surface area contributed by atoms with Gasteiger partial charge in [0.15, 0.2) is 0 Å². The average Bonchev–Trinajstić information content (AvgIpc) is 2.42. The number of alkyl halides is 3. The van der Waals surface area contributed by atoms with E-state index in [-0.39, 0.29) is 28.0 Å². The number of rotatable bonds is 3. The number of halogens is 7. The molecule has 0 bridgehead atoms. The van der Waals surface area contributed by atoms with Gasteiger partial charge in [0.1, 0.15) is 17.4 Å². The molecule has 0 unspecified atom stereocenters. The van der Waals surface area contributed by atoms with E-state index in [4.69, 9.17) is 5.73 Å². The van der Waals surface area contributed by atoms with Crippen LogP contribution >= 0.6 is 28.3 Å². The third-order valence-corrected chi connectivity index (χ3v) is 3.48. The van der Waals surface area contributed by atoms with Gasteiger partial charge in [0.25, 0.3) is 0 Å². The van der Waals surface area contributed by atoms with Crippen molar-refractivity contribution >= 4 is 28.3 Å². The van der Waals surface area contributed by atoms with E-state index < -0.39 is 29.8 Å². The zero-order valence-corrected chi connectivity index (χ0v) is 13.6. The van der Waals surface area contributed by atoms with E-state index in [1.165, 1.54) is 18.2 Å². The quantitative estimate of drug-likeness (QED) is 0.556. The molecule has 0 aliphatic carbocycles. The van der Waals surface area contributed by atoms with Gasteiger partial charge in [-0.25, -0.2) is 8.78 Å². The zero-order valence-electron chi connectivity index (χ0n) is 11.2. The molecule has 0 heterocycles. The maximum Gasteiger partial charge on any atom is 0.573 e. The van der Waals surface area contributed by atoms with Crippen molar-refractivity contribution in [3.05, 3.63) is 63.6 Å². The van der Waals surface area contributed by atoms with Gasteiger partial charge in [-0.3, -0.25) is 0 Å². The second-order valence-corrected chi connectivity index (χ2v) is 5.21. The van der Waals surface area contributed by atoms with Crippen molar-refractivity contribution in [1.29, 1.82) is 0 Å². The number of nitrogens with two attached hydrogens (primary N) is 1. The summed E-state index contributed by atoms with van der Waals surface area (Å²) in [5.41, 5.74) is 5.67. The minimum absolute atomic E-state index is 0. The van der Waals surface area contributed by atoms with Crippen LogP contribution in [0.4, 0.5) is 22.0 Å². The van der Waals surface area contributed by atoms with Gasteiger partial charge in [0, 0.05) is 5.56 Å².